The zero-order valence-electron chi connectivity index (χ0n) is 16.9. The molecule has 0 aliphatic carbocycles. The summed E-state index contributed by atoms with van der Waals surface area (Å²) in [5.41, 5.74) is 1.72. The number of nitrogens with zero attached hydrogens (tertiary/aromatic N) is 1. The van der Waals surface area contributed by atoms with Crippen LogP contribution in [0.15, 0.2) is 21.4 Å². The van der Waals surface area contributed by atoms with Gasteiger partial charge in [0.15, 0.2) is 11.5 Å². The number of H-pyrrole nitrogens is 1. The van der Waals surface area contributed by atoms with Crippen molar-refractivity contribution in [3.63, 3.8) is 0 Å². The van der Waals surface area contributed by atoms with Crippen LogP contribution >= 0.6 is 27.3 Å². The number of carbonyl (C=O) groups excluding carboxylic acids is 1. The molecule has 0 radical (unpaired) electrons. The summed E-state index contributed by atoms with van der Waals surface area (Å²) in [5, 5.41) is 3.64. The number of nitrogens with one attached hydrogen (secondary N) is 2. The summed E-state index contributed by atoms with van der Waals surface area (Å²) >= 11 is 5.05. The quantitative estimate of drug-likeness (QED) is 0.563. The van der Waals surface area contributed by atoms with E-state index in [-0.39, 0.29) is 23.9 Å². The van der Waals surface area contributed by atoms with Crippen LogP contribution in [0.25, 0.3) is 10.2 Å². The van der Waals surface area contributed by atoms with Crippen molar-refractivity contribution < 1.29 is 14.3 Å². The Morgan fingerprint density at radius 2 is 2.00 bits per heavy atom. The van der Waals surface area contributed by atoms with Gasteiger partial charge in [-0.2, -0.15) is 0 Å². The highest BCUT2D eigenvalue weighted by Gasteiger charge is 2.19. The van der Waals surface area contributed by atoms with Crippen LogP contribution in [0.4, 0.5) is 0 Å². The third kappa shape index (κ3) is 4.09. The molecule has 1 atom stereocenters. The first-order valence-electron chi connectivity index (χ1n) is 9.70. The van der Waals surface area contributed by atoms with Crippen LogP contribution in [-0.4, -0.2) is 29.1 Å². The molecule has 1 aromatic carbocycles. The number of amides is 1. The van der Waals surface area contributed by atoms with Crippen molar-refractivity contribution in [1.82, 2.24) is 15.3 Å². The van der Waals surface area contributed by atoms with Gasteiger partial charge in [0.1, 0.15) is 23.9 Å². The number of ether oxygens (including phenoxy) is 2. The topological polar surface area (TPSA) is 93.3 Å². The van der Waals surface area contributed by atoms with Crippen molar-refractivity contribution in [3.8, 4) is 11.5 Å². The summed E-state index contributed by atoms with van der Waals surface area (Å²) in [7, 11) is 0. The van der Waals surface area contributed by atoms with E-state index in [0.29, 0.717) is 42.3 Å². The molecule has 1 amide bonds. The van der Waals surface area contributed by atoms with Crippen molar-refractivity contribution in [3.05, 3.63) is 48.8 Å². The minimum Gasteiger partial charge on any atom is -0.486 e. The fourth-order valence-electron chi connectivity index (χ4n) is 3.45. The summed E-state index contributed by atoms with van der Waals surface area (Å²) in [5.74, 6) is 1.78. The molecule has 2 aromatic heterocycles. The standard InChI is InChI=1S/C21H22BrN3O4S/c1-10-12(3)30-21-19(10)20(27)24-17(25-21)4-5-18(26)23-11(2)13-8-15-16(9-14(13)22)29-7-6-28-15/h8-9,11H,4-7H2,1-3H3,(H,23,26)(H,24,25,27). The highest BCUT2D eigenvalue weighted by molar-refractivity contribution is 9.10. The van der Waals surface area contributed by atoms with E-state index in [0.717, 1.165) is 25.3 Å². The number of aromatic nitrogens is 2. The van der Waals surface area contributed by atoms with E-state index in [1.807, 2.05) is 32.9 Å². The second kappa shape index (κ2) is 8.39. The van der Waals surface area contributed by atoms with Gasteiger partial charge >= 0.3 is 0 Å². The minimum absolute atomic E-state index is 0.120. The fourth-order valence-corrected chi connectivity index (χ4v) is 5.17. The van der Waals surface area contributed by atoms with E-state index < -0.39 is 0 Å². The van der Waals surface area contributed by atoms with E-state index in [2.05, 4.69) is 31.2 Å². The average molecular weight is 492 g/mol. The number of aryl methyl sites for hydroxylation is 3. The molecule has 4 rings (SSSR count). The minimum atomic E-state index is -0.222. The van der Waals surface area contributed by atoms with Gasteiger partial charge in [-0.05, 0) is 44.0 Å². The molecule has 0 saturated heterocycles. The summed E-state index contributed by atoms with van der Waals surface area (Å²) in [4.78, 5) is 34.0. The molecule has 158 valence electrons. The first-order valence-corrected chi connectivity index (χ1v) is 11.3. The molecular weight excluding hydrogens is 470 g/mol. The predicted octanol–water partition coefficient (Wildman–Crippen LogP) is 3.95. The lowest BCUT2D eigenvalue weighted by molar-refractivity contribution is -0.121. The molecular formula is C21H22BrN3O4S. The largest absolute Gasteiger partial charge is 0.486 e. The van der Waals surface area contributed by atoms with Crippen LogP contribution in [0, 0.1) is 13.8 Å². The van der Waals surface area contributed by atoms with E-state index in [1.54, 1.807) is 0 Å². The summed E-state index contributed by atoms with van der Waals surface area (Å²) in [6, 6.07) is 3.53. The van der Waals surface area contributed by atoms with Gasteiger partial charge < -0.3 is 19.8 Å². The maximum atomic E-state index is 12.5. The van der Waals surface area contributed by atoms with Crippen LogP contribution in [0.1, 0.15) is 41.2 Å². The Morgan fingerprint density at radius 3 is 2.73 bits per heavy atom. The molecule has 7 nitrogen and oxygen atoms in total. The lowest BCUT2D eigenvalue weighted by Gasteiger charge is -2.22. The number of benzene rings is 1. The zero-order chi connectivity index (χ0) is 21.4. The van der Waals surface area contributed by atoms with Crippen LogP contribution < -0.4 is 20.3 Å². The molecule has 1 unspecified atom stereocenters. The third-order valence-corrected chi connectivity index (χ3v) is 6.97. The number of rotatable bonds is 5. The Morgan fingerprint density at radius 1 is 1.30 bits per heavy atom. The van der Waals surface area contributed by atoms with Gasteiger partial charge in [0.25, 0.3) is 5.56 Å². The Hall–Kier alpha value is -2.39. The van der Waals surface area contributed by atoms with E-state index >= 15 is 0 Å². The van der Waals surface area contributed by atoms with Crippen molar-refractivity contribution >= 4 is 43.4 Å². The van der Waals surface area contributed by atoms with E-state index in [4.69, 9.17) is 9.47 Å². The Labute approximate surface area is 185 Å². The number of hydrogen-bond donors (Lipinski definition) is 2. The van der Waals surface area contributed by atoms with Gasteiger partial charge in [0, 0.05) is 22.2 Å². The van der Waals surface area contributed by atoms with Gasteiger partial charge in [0.2, 0.25) is 5.91 Å². The van der Waals surface area contributed by atoms with Crippen molar-refractivity contribution in [2.24, 2.45) is 0 Å². The van der Waals surface area contributed by atoms with E-state index in [1.165, 1.54) is 11.3 Å². The van der Waals surface area contributed by atoms with Crippen LogP contribution in [0.2, 0.25) is 0 Å². The third-order valence-electron chi connectivity index (χ3n) is 5.18. The Balaban J connectivity index is 1.43. The second-order valence-corrected chi connectivity index (χ2v) is 9.34. The fraction of sp³-hybridized carbons (Fsp3) is 0.381. The Kier molecular flexibility index (Phi) is 5.84. The van der Waals surface area contributed by atoms with Gasteiger partial charge in [-0.25, -0.2) is 4.98 Å². The highest BCUT2D eigenvalue weighted by Crippen LogP contribution is 2.37. The number of carbonyl (C=O) groups is 1. The lowest BCUT2D eigenvalue weighted by atomic mass is 10.1. The van der Waals surface area contributed by atoms with Crippen LogP contribution in [0.3, 0.4) is 0 Å². The van der Waals surface area contributed by atoms with Crippen molar-refractivity contribution in [2.75, 3.05) is 13.2 Å². The lowest BCUT2D eigenvalue weighted by Crippen LogP contribution is -2.27. The molecule has 0 fully saturated rings. The second-order valence-electron chi connectivity index (χ2n) is 7.28. The van der Waals surface area contributed by atoms with E-state index in [9.17, 15) is 9.59 Å². The number of aromatic amines is 1. The predicted molar refractivity (Wildman–Crippen MR) is 120 cm³/mol. The molecule has 0 bridgehead atoms. The maximum absolute atomic E-state index is 12.5. The average Bonchev–Trinajstić information content (AvgIpc) is 2.99. The number of halogens is 1. The monoisotopic (exact) mass is 491 g/mol. The first kappa shape index (κ1) is 20.9. The number of fused-ring (bicyclic) bond motifs is 2. The number of hydrogen-bond acceptors (Lipinski definition) is 6. The normalized spacial score (nSPS) is 14.0. The number of thiophene rings is 1. The molecule has 0 spiro atoms. The molecule has 3 aromatic rings. The molecule has 1 aliphatic heterocycles. The summed E-state index contributed by atoms with van der Waals surface area (Å²) < 4.78 is 12.1. The van der Waals surface area contributed by atoms with Crippen LogP contribution in [-0.2, 0) is 11.2 Å². The SMILES string of the molecule is Cc1sc2nc(CCC(=O)NC(C)c3cc4c(cc3Br)OCCO4)[nH]c(=O)c2c1C. The summed E-state index contributed by atoms with van der Waals surface area (Å²) in [6.07, 6.45) is 0.590. The molecule has 0 saturated carbocycles. The smallest absolute Gasteiger partial charge is 0.259 e. The molecule has 30 heavy (non-hydrogen) atoms. The molecule has 1 aliphatic rings. The van der Waals surface area contributed by atoms with Gasteiger partial charge in [-0.1, -0.05) is 15.9 Å². The van der Waals surface area contributed by atoms with Gasteiger partial charge in [0.05, 0.1) is 11.4 Å². The van der Waals surface area contributed by atoms with Gasteiger partial charge in [-0.3, -0.25) is 9.59 Å². The van der Waals surface area contributed by atoms with Crippen LogP contribution in [0.5, 0.6) is 11.5 Å². The Bertz CT molecular complexity index is 1190. The molecule has 3 heterocycles. The maximum Gasteiger partial charge on any atom is 0.259 e. The molecule has 9 heteroatoms. The molecule has 2 N–H and O–H groups in total. The van der Waals surface area contributed by atoms with Crippen molar-refractivity contribution in [2.45, 2.75) is 39.7 Å². The zero-order valence-corrected chi connectivity index (χ0v) is 19.3. The van der Waals surface area contributed by atoms with Gasteiger partial charge in [-0.15, -0.1) is 11.3 Å². The summed E-state index contributed by atoms with van der Waals surface area (Å²) in [6.45, 7) is 6.85. The highest BCUT2D eigenvalue weighted by atomic mass is 79.9. The first-order chi connectivity index (χ1) is 14.3. The van der Waals surface area contributed by atoms with Crippen molar-refractivity contribution in [1.29, 1.82) is 0 Å².